The van der Waals surface area contributed by atoms with E-state index in [1.165, 1.54) is 6.20 Å². The number of hydrogen-bond acceptors (Lipinski definition) is 4. The Hall–Kier alpha value is -1.41. The number of aliphatic carboxylic acids is 1. The van der Waals surface area contributed by atoms with Crippen LogP contribution in [0, 0.1) is 5.92 Å². The molecule has 0 aliphatic carbocycles. The van der Waals surface area contributed by atoms with E-state index in [0.717, 1.165) is 6.20 Å². The van der Waals surface area contributed by atoms with Crippen molar-refractivity contribution in [2.24, 2.45) is 5.92 Å². The third kappa shape index (κ3) is 3.82. The standard InChI is InChI=1S/C9H15N3O4S/c1-6(2)3-8(9(13)14)12-17(15,16)7-4-10-11-5-7/h4-6,8,12H,3H2,1-2H3,(H,10,11)(H,13,14)/t8-/m1/s1. The Morgan fingerprint density at radius 3 is 2.65 bits per heavy atom. The van der Waals surface area contributed by atoms with Crippen LogP contribution in [0.15, 0.2) is 17.3 Å². The van der Waals surface area contributed by atoms with Crippen molar-refractivity contribution in [3.05, 3.63) is 12.4 Å². The van der Waals surface area contributed by atoms with Crippen LogP contribution in [0.5, 0.6) is 0 Å². The van der Waals surface area contributed by atoms with Gasteiger partial charge in [-0.2, -0.15) is 9.82 Å². The highest BCUT2D eigenvalue weighted by Gasteiger charge is 2.26. The van der Waals surface area contributed by atoms with Gasteiger partial charge >= 0.3 is 5.97 Å². The predicted octanol–water partition coefficient (Wildman–Crippen LogP) is 0.187. The maximum atomic E-state index is 11.8. The van der Waals surface area contributed by atoms with Crippen LogP contribution in [0.4, 0.5) is 0 Å². The molecule has 0 aromatic carbocycles. The van der Waals surface area contributed by atoms with Crippen molar-refractivity contribution >= 4 is 16.0 Å². The molecular weight excluding hydrogens is 246 g/mol. The van der Waals surface area contributed by atoms with Gasteiger partial charge < -0.3 is 5.11 Å². The zero-order valence-electron chi connectivity index (χ0n) is 9.54. The first-order valence-electron chi connectivity index (χ1n) is 5.07. The molecule has 1 rings (SSSR count). The topological polar surface area (TPSA) is 112 Å². The van der Waals surface area contributed by atoms with Crippen LogP contribution in [0.1, 0.15) is 20.3 Å². The van der Waals surface area contributed by atoms with E-state index in [0.29, 0.717) is 0 Å². The van der Waals surface area contributed by atoms with Crippen LogP contribution < -0.4 is 4.72 Å². The molecule has 0 aliphatic rings. The van der Waals surface area contributed by atoms with E-state index in [4.69, 9.17) is 5.11 Å². The Morgan fingerprint density at radius 1 is 1.59 bits per heavy atom. The van der Waals surface area contributed by atoms with Gasteiger partial charge in [-0.1, -0.05) is 13.8 Å². The number of rotatable bonds is 6. The summed E-state index contributed by atoms with van der Waals surface area (Å²) in [5, 5.41) is 14.8. The highest BCUT2D eigenvalue weighted by Crippen LogP contribution is 2.10. The molecule has 0 aliphatic heterocycles. The van der Waals surface area contributed by atoms with Crippen molar-refractivity contribution in [2.45, 2.75) is 31.2 Å². The second-order valence-corrected chi connectivity index (χ2v) is 5.79. The van der Waals surface area contributed by atoms with Crippen LogP contribution in [0.25, 0.3) is 0 Å². The maximum Gasteiger partial charge on any atom is 0.321 e. The molecule has 0 bridgehead atoms. The van der Waals surface area contributed by atoms with Crippen molar-refractivity contribution in [1.82, 2.24) is 14.9 Å². The Bertz CT molecular complexity index is 466. The fourth-order valence-electron chi connectivity index (χ4n) is 1.31. The monoisotopic (exact) mass is 261 g/mol. The second-order valence-electron chi connectivity index (χ2n) is 4.08. The molecule has 1 aromatic rings. The van der Waals surface area contributed by atoms with Crippen molar-refractivity contribution < 1.29 is 18.3 Å². The summed E-state index contributed by atoms with van der Waals surface area (Å²) in [6.07, 6.45) is 2.54. The fourth-order valence-corrected chi connectivity index (χ4v) is 2.42. The van der Waals surface area contributed by atoms with Crippen LogP contribution in [0.3, 0.4) is 0 Å². The second kappa shape index (κ2) is 5.28. The SMILES string of the molecule is CC(C)C[C@@H](NS(=O)(=O)c1cn[nH]c1)C(=O)O. The Labute approximate surface area is 99.3 Å². The van der Waals surface area contributed by atoms with Gasteiger partial charge in [0.2, 0.25) is 10.0 Å². The summed E-state index contributed by atoms with van der Waals surface area (Å²) in [7, 11) is -3.83. The molecule has 0 amide bonds. The van der Waals surface area contributed by atoms with E-state index < -0.39 is 22.0 Å². The Morgan fingerprint density at radius 2 is 2.24 bits per heavy atom. The van der Waals surface area contributed by atoms with E-state index >= 15 is 0 Å². The van der Waals surface area contributed by atoms with Crippen molar-refractivity contribution in [3.63, 3.8) is 0 Å². The molecular formula is C9H15N3O4S. The number of carboxylic acids is 1. The molecule has 0 saturated heterocycles. The van der Waals surface area contributed by atoms with Gasteiger partial charge in [-0.3, -0.25) is 9.89 Å². The molecule has 0 unspecified atom stereocenters. The summed E-state index contributed by atoms with van der Waals surface area (Å²) in [5.74, 6) is -1.12. The molecule has 0 fully saturated rings. The maximum absolute atomic E-state index is 11.8. The van der Waals surface area contributed by atoms with Crippen molar-refractivity contribution in [1.29, 1.82) is 0 Å². The van der Waals surface area contributed by atoms with E-state index in [1.807, 2.05) is 13.8 Å². The number of carbonyl (C=O) groups is 1. The number of hydrogen-bond donors (Lipinski definition) is 3. The number of sulfonamides is 1. The van der Waals surface area contributed by atoms with E-state index in [-0.39, 0.29) is 17.2 Å². The molecule has 0 saturated carbocycles. The van der Waals surface area contributed by atoms with Crippen LogP contribution in [-0.4, -0.2) is 35.7 Å². The van der Waals surface area contributed by atoms with Gasteiger partial charge in [-0.15, -0.1) is 0 Å². The minimum absolute atomic E-state index is 0.0724. The van der Waals surface area contributed by atoms with Gasteiger partial charge in [0.05, 0.1) is 6.20 Å². The third-order valence-electron chi connectivity index (χ3n) is 2.09. The molecule has 0 spiro atoms. The van der Waals surface area contributed by atoms with Crippen LogP contribution in [-0.2, 0) is 14.8 Å². The summed E-state index contributed by atoms with van der Waals surface area (Å²) < 4.78 is 25.6. The molecule has 7 nitrogen and oxygen atoms in total. The number of nitrogens with one attached hydrogen (secondary N) is 2. The summed E-state index contributed by atoms with van der Waals surface area (Å²) in [4.78, 5) is 10.9. The quantitative estimate of drug-likeness (QED) is 0.676. The first-order valence-corrected chi connectivity index (χ1v) is 6.55. The van der Waals surface area contributed by atoms with Gasteiger partial charge in [0, 0.05) is 6.20 Å². The number of aromatic amines is 1. The Kier molecular flexibility index (Phi) is 4.24. The molecule has 0 radical (unpaired) electrons. The summed E-state index contributed by atoms with van der Waals surface area (Å²) in [6, 6.07) is -1.13. The number of nitrogens with zero attached hydrogens (tertiary/aromatic N) is 1. The lowest BCUT2D eigenvalue weighted by molar-refractivity contribution is -0.139. The van der Waals surface area contributed by atoms with Gasteiger partial charge in [0.15, 0.2) is 0 Å². The van der Waals surface area contributed by atoms with Crippen LogP contribution in [0.2, 0.25) is 0 Å². The lowest BCUT2D eigenvalue weighted by Gasteiger charge is -2.15. The predicted molar refractivity (Wildman–Crippen MR) is 59.8 cm³/mol. The number of carboxylic acid groups (broad SMARTS) is 1. The molecule has 17 heavy (non-hydrogen) atoms. The molecule has 1 atom stereocenters. The normalized spacial score (nSPS) is 13.8. The van der Waals surface area contributed by atoms with E-state index in [2.05, 4.69) is 14.9 Å². The zero-order valence-corrected chi connectivity index (χ0v) is 10.4. The average molecular weight is 261 g/mol. The van der Waals surface area contributed by atoms with E-state index in [9.17, 15) is 13.2 Å². The highest BCUT2D eigenvalue weighted by atomic mass is 32.2. The summed E-state index contributed by atoms with van der Waals surface area (Å²) in [5.41, 5.74) is 0. The fraction of sp³-hybridized carbons (Fsp3) is 0.556. The van der Waals surface area contributed by atoms with Crippen molar-refractivity contribution in [2.75, 3.05) is 0 Å². The number of aromatic nitrogens is 2. The minimum atomic E-state index is -3.83. The minimum Gasteiger partial charge on any atom is -0.480 e. The van der Waals surface area contributed by atoms with Gasteiger partial charge in [0.25, 0.3) is 0 Å². The summed E-state index contributed by atoms with van der Waals surface area (Å²) >= 11 is 0. The van der Waals surface area contributed by atoms with E-state index in [1.54, 1.807) is 0 Å². The zero-order chi connectivity index (χ0) is 13.1. The number of H-pyrrole nitrogens is 1. The molecule has 96 valence electrons. The highest BCUT2D eigenvalue weighted by molar-refractivity contribution is 7.89. The van der Waals surface area contributed by atoms with Crippen LogP contribution >= 0.6 is 0 Å². The van der Waals surface area contributed by atoms with Crippen molar-refractivity contribution in [3.8, 4) is 0 Å². The Balaban J connectivity index is 2.84. The molecule has 1 heterocycles. The first kappa shape index (κ1) is 13.7. The lowest BCUT2D eigenvalue weighted by atomic mass is 10.1. The molecule has 1 aromatic heterocycles. The van der Waals surface area contributed by atoms with Gasteiger partial charge in [-0.05, 0) is 12.3 Å². The molecule has 3 N–H and O–H groups in total. The first-order chi connectivity index (χ1) is 7.83. The summed E-state index contributed by atoms with van der Waals surface area (Å²) in [6.45, 7) is 3.64. The smallest absolute Gasteiger partial charge is 0.321 e. The van der Waals surface area contributed by atoms with Gasteiger partial charge in [0.1, 0.15) is 10.9 Å². The van der Waals surface area contributed by atoms with Gasteiger partial charge in [-0.25, -0.2) is 8.42 Å². The lowest BCUT2D eigenvalue weighted by Crippen LogP contribution is -2.41. The largest absolute Gasteiger partial charge is 0.480 e. The third-order valence-corrected chi connectivity index (χ3v) is 3.52. The molecule has 8 heteroatoms. The average Bonchev–Trinajstić information content (AvgIpc) is 2.68.